The Balaban J connectivity index is 2.76. The summed E-state index contributed by atoms with van der Waals surface area (Å²) in [5, 5.41) is 5.32. The number of rotatable bonds is 6. The van der Waals surface area contributed by atoms with E-state index in [9.17, 15) is 14.0 Å². The van der Waals surface area contributed by atoms with Crippen molar-refractivity contribution in [1.29, 1.82) is 0 Å². The van der Waals surface area contributed by atoms with Crippen LogP contribution in [-0.4, -0.2) is 29.9 Å². The average Bonchev–Trinajstić information content (AvgIpc) is 2.31. The molecular formula is C11H15FN4O2. The predicted molar refractivity (Wildman–Crippen MR) is 64.5 cm³/mol. The fraction of sp³-hybridized carbons (Fsp3) is 0.364. The molecule has 1 aromatic rings. The molecule has 0 aromatic carbocycles. The monoisotopic (exact) mass is 254 g/mol. The lowest BCUT2D eigenvalue weighted by Crippen LogP contribution is -2.28. The number of pyridine rings is 1. The van der Waals surface area contributed by atoms with Crippen LogP contribution >= 0.6 is 0 Å². The highest BCUT2D eigenvalue weighted by atomic mass is 19.1. The van der Waals surface area contributed by atoms with Crippen molar-refractivity contribution in [2.75, 3.05) is 18.4 Å². The van der Waals surface area contributed by atoms with E-state index in [1.54, 1.807) is 0 Å². The zero-order valence-corrected chi connectivity index (χ0v) is 10.00. The number of carbonyl (C=O) groups is 2. The van der Waals surface area contributed by atoms with E-state index < -0.39 is 17.6 Å². The fourth-order valence-electron chi connectivity index (χ4n) is 1.32. The third-order valence-corrected chi connectivity index (χ3v) is 2.10. The smallest absolute Gasteiger partial charge is 0.255 e. The Morgan fingerprint density at radius 3 is 2.83 bits per heavy atom. The molecule has 0 aliphatic rings. The van der Waals surface area contributed by atoms with Gasteiger partial charge in [0.25, 0.3) is 5.91 Å². The first-order valence-electron chi connectivity index (χ1n) is 5.50. The molecular weight excluding hydrogens is 239 g/mol. The summed E-state index contributed by atoms with van der Waals surface area (Å²) in [4.78, 5) is 26.1. The number of hydrogen-bond acceptors (Lipinski definition) is 4. The molecule has 2 amide bonds. The second-order valence-electron chi connectivity index (χ2n) is 3.55. The van der Waals surface area contributed by atoms with E-state index in [0.29, 0.717) is 12.4 Å². The van der Waals surface area contributed by atoms with Gasteiger partial charge in [0.15, 0.2) is 0 Å². The topological polar surface area (TPSA) is 97.1 Å². The van der Waals surface area contributed by atoms with Crippen LogP contribution in [0.2, 0.25) is 0 Å². The second kappa shape index (κ2) is 6.53. The first-order valence-corrected chi connectivity index (χ1v) is 5.50. The molecule has 0 bridgehead atoms. The van der Waals surface area contributed by atoms with Gasteiger partial charge in [-0.2, -0.15) is 0 Å². The zero-order chi connectivity index (χ0) is 13.5. The number of hydrogen-bond donors (Lipinski definition) is 3. The van der Waals surface area contributed by atoms with Crippen LogP contribution in [0.4, 0.5) is 10.2 Å². The molecule has 0 saturated carbocycles. The standard InChI is InChI=1S/C11H15FN4O2/c1-2-14-10-8(5-7(12)6-16-10)11(18)15-4-3-9(13)17/h5-6H,2-4H2,1H3,(H2,13,17)(H,14,16)(H,15,18). The van der Waals surface area contributed by atoms with E-state index in [-0.39, 0.29) is 18.5 Å². The Morgan fingerprint density at radius 1 is 1.50 bits per heavy atom. The van der Waals surface area contributed by atoms with Gasteiger partial charge in [0, 0.05) is 19.5 Å². The van der Waals surface area contributed by atoms with Crippen molar-refractivity contribution in [3.8, 4) is 0 Å². The molecule has 1 heterocycles. The maximum atomic E-state index is 13.1. The number of aromatic nitrogens is 1. The maximum Gasteiger partial charge on any atom is 0.255 e. The van der Waals surface area contributed by atoms with Crippen LogP contribution in [0.1, 0.15) is 23.7 Å². The van der Waals surface area contributed by atoms with E-state index in [0.717, 1.165) is 12.3 Å². The van der Waals surface area contributed by atoms with E-state index in [1.807, 2.05) is 6.92 Å². The molecule has 18 heavy (non-hydrogen) atoms. The summed E-state index contributed by atoms with van der Waals surface area (Å²) in [5.41, 5.74) is 5.04. The summed E-state index contributed by atoms with van der Waals surface area (Å²) in [6.07, 6.45) is 1.06. The third kappa shape index (κ3) is 4.00. The number of carbonyl (C=O) groups excluding carboxylic acids is 2. The largest absolute Gasteiger partial charge is 0.370 e. The van der Waals surface area contributed by atoms with Crippen LogP contribution in [0.25, 0.3) is 0 Å². The van der Waals surface area contributed by atoms with E-state index in [1.165, 1.54) is 0 Å². The molecule has 4 N–H and O–H groups in total. The van der Waals surface area contributed by atoms with E-state index >= 15 is 0 Å². The number of nitrogens with two attached hydrogens (primary N) is 1. The molecule has 0 aliphatic carbocycles. The van der Waals surface area contributed by atoms with Crippen LogP contribution in [0.15, 0.2) is 12.3 Å². The number of primary amides is 1. The minimum Gasteiger partial charge on any atom is -0.370 e. The number of anilines is 1. The minimum absolute atomic E-state index is 0.0328. The van der Waals surface area contributed by atoms with Crippen LogP contribution in [-0.2, 0) is 4.79 Å². The van der Waals surface area contributed by atoms with Gasteiger partial charge in [0.05, 0.1) is 11.8 Å². The zero-order valence-electron chi connectivity index (χ0n) is 10.00. The van der Waals surface area contributed by atoms with Crippen LogP contribution in [0.5, 0.6) is 0 Å². The Labute approximate surface area is 104 Å². The van der Waals surface area contributed by atoms with Crippen molar-refractivity contribution in [2.45, 2.75) is 13.3 Å². The molecule has 0 radical (unpaired) electrons. The Bertz CT molecular complexity index is 451. The second-order valence-corrected chi connectivity index (χ2v) is 3.55. The number of halogens is 1. The van der Waals surface area contributed by atoms with E-state index in [4.69, 9.17) is 5.73 Å². The third-order valence-electron chi connectivity index (χ3n) is 2.10. The summed E-state index contributed by atoms with van der Waals surface area (Å²) < 4.78 is 13.1. The fourth-order valence-corrected chi connectivity index (χ4v) is 1.32. The van der Waals surface area contributed by atoms with Gasteiger partial charge in [0.2, 0.25) is 5.91 Å². The summed E-state index contributed by atoms with van der Waals surface area (Å²) >= 11 is 0. The maximum absolute atomic E-state index is 13.1. The van der Waals surface area contributed by atoms with Crippen LogP contribution in [0, 0.1) is 5.82 Å². The average molecular weight is 254 g/mol. The van der Waals surface area contributed by atoms with Crippen LogP contribution < -0.4 is 16.4 Å². The highest BCUT2D eigenvalue weighted by Crippen LogP contribution is 2.13. The SMILES string of the molecule is CCNc1ncc(F)cc1C(=O)NCCC(N)=O. The summed E-state index contributed by atoms with van der Waals surface area (Å²) in [6, 6.07) is 1.09. The normalized spacial score (nSPS) is 9.89. The number of nitrogens with zero attached hydrogens (tertiary/aromatic N) is 1. The van der Waals surface area contributed by atoms with Gasteiger partial charge in [-0.25, -0.2) is 9.37 Å². The molecule has 6 nitrogen and oxygen atoms in total. The van der Waals surface area contributed by atoms with Gasteiger partial charge >= 0.3 is 0 Å². The summed E-state index contributed by atoms with van der Waals surface area (Å²) in [7, 11) is 0. The van der Waals surface area contributed by atoms with Crippen molar-refractivity contribution >= 4 is 17.6 Å². The highest BCUT2D eigenvalue weighted by Gasteiger charge is 2.13. The van der Waals surface area contributed by atoms with Gasteiger partial charge in [-0.05, 0) is 13.0 Å². The lowest BCUT2D eigenvalue weighted by molar-refractivity contribution is -0.117. The molecule has 0 saturated heterocycles. The molecule has 7 heteroatoms. The van der Waals surface area contributed by atoms with Gasteiger partial charge < -0.3 is 16.4 Å². The van der Waals surface area contributed by atoms with E-state index in [2.05, 4.69) is 15.6 Å². The molecule has 0 fully saturated rings. The van der Waals surface area contributed by atoms with Crippen molar-refractivity contribution in [2.24, 2.45) is 5.73 Å². The molecule has 1 rings (SSSR count). The molecule has 0 unspecified atom stereocenters. The van der Waals surface area contributed by atoms with Gasteiger partial charge in [-0.15, -0.1) is 0 Å². The Kier molecular flexibility index (Phi) is 5.04. The van der Waals surface area contributed by atoms with Gasteiger partial charge in [-0.3, -0.25) is 9.59 Å². The lowest BCUT2D eigenvalue weighted by Gasteiger charge is -2.09. The Hall–Kier alpha value is -2.18. The summed E-state index contributed by atoms with van der Waals surface area (Å²) in [5.74, 6) is -1.31. The molecule has 0 aliphatic heterocycles. The predicted octanol–water partition coefficient (Wildman–Crippen LogP) is 0.258. The lowest BCUT2D eigenvalue weighted by atomic mass is 10.2. The van der Waals surface area contributed by atoms with Crippen molar-refractivity contribution in [1.82, 2.24) is 10.3 Å². The minimum atomic E-state index is -0.600. The van der Waals surface area contributed by atoms with Crippen molar-refractivity contribution in [3.63, 3.8) is 0 Å². The number of amides is 2. The first kappa shape index (κ1) is 13.9. The van der Waals surface area contributed by atoms with Crippen molar-refractivity contribution < 1.29 is 14.0 Å². The Morgan fingerprint density at radius 2 is 2.22 bits per heavy atom. The first-order chi connectivity index (χ1) is 8.54. The molecule has 1 aromatic heterocycles. The molecule has 0 spiro atoms. The number of nitrogens with one attached hydrogen (secondary N) is 2. The molecule has 0 atom stereocenters. The van der Waals surface area contributed by atoms with Gasteiger partial charge in [0.1, 0.15) is 11.6 Å². The quantitative estimate of drug-likeness (QED) is 0.678. The highest BCUT2D eigenvalue weighted by molar-refractivity contribution is 5.98. The van der Waals surface area contributed by atoms with Crippen molar-refractivity contribution in [3.05, 3.63) is 23.6 Å². The van der Waals surface area contributed by atoms with Gasteiger partial charge in [-0.1, -0.05) is 0 Å². The summed E-state index contributed by atoms with van der Waals surface area (Å²) in [6.45, 7) is 2.50. The van der Waals surface area contributed by atoms with Crippen LogP contribution in [0.3, 0.4) is 0 Å². The molecule has 98 valence electrons.